The number of alkyl halides is 3. The Bertz CT molecular complexity index is 1110. The van der Waals surface area contributed by atoms with Gasteiger partial charge >= 0.3 is 6.18 Å². The first-order valence-electron chi connectivity index (χ1n) is 9.14. The Balaban J connectivity index is 2.04. The highest BCUT2D eigenvalue weighted by Gasteiger charge is 2.34. The van der Waals surface area contributed by atoms with E-state index in [0.29, 0.717) is 11.4 Å². The predicted molar refractivity (Wildman–Crippen MR) is 115 cm³/mol. The number of hydrogen-bond donors (Lipinski definition) is 3. The van der Waals surface area contributed by atoms with Crippen molar-refractivity contribution in [2.75, 3.05) is 23.9 Å². The van der Waals surface area contributed by atoms with Gasteiger partial charge in [0.05, 0.1) is 33.9 Å². The summed E-state index contributed by atoms with van der Waals surface area (Å²) < 4.78 is 42.5. The molecule has 0 radical (unpaired) electrons. The molecule has 0 aliphatic carbocycles. The van der Waals surface area contributed by atoms with Crippen LogP contribution in [0.15, 0.2) is 41.6 Å². The van der Waals surface area contributed by atoms with Crippen LogP contribution in [0.25, 0.3) is 0 Å². The molecule has 2 aromatic heterocycles. The minimum Gasteiger partial charge on any atom is -0.355 e. The molecule has 3 aromatic rings. The van der Waals surface area contributed by atoms with Crippen LogP contribution in [0.3, 0.4) is 0 Å². The van der Waals surface area contributed by atoms with Crippen molar-refractivity contribution in [3.05, 3.63) is 53.5 Å². The highest BCUT2D eigenvalue weighted by atomic mass is 32.2. The molecule has 0 saturated heterocycles. The Hall–Kier alpha value is -3.21. The first kappa shape index (κ1) is 22.5. The number of rotatable bonds is 6. The third-order valence-electron chi connectivity index (χ3n) is 4.45. The van der Waals surface area contributed by atoms with Gasteiger partial charge in [-0.25, -0.2) is 4.98 Å². The van der Waals surface area contributed by atoms with Crippen LogP contribution in [0.5, 0.6) is 0 Å². The van der Waals surface area contributed by atoms with Crippen LogP contribution in [0.2, 0.25) is 0 Å². The number of carbonyl (C=O) groups excluding carboxylic acids is 1. The first-order valence-corrected chi connectivity index (χ1v) is 10.4. The number of nitrogens with one attached hydrogen (secondary N) is 3. The van der Waals surface area contributed by atoms with Crippen LogP contribution >= 0.6 is 11.8 Å². The lowest BCUT2D eigenvalue weighted by Gasteiger charge is -2.18. The maximum absolute atomic E-state index is 13.6. The number of pyridine rings is 1. The number of carbonyl (C=O) groups is 1. The number of aryl methyl sites for hydroxylation is 2. The van der Waals surface area contributed by atoms with Gasteiger partial charge in [-0.05, 0) is 31.4 Å². The lowest BCUT2D eigenvalue weighted by atomic mass is 10.1. The maximum Gasteiger partial charge on any atom is 0.419 e. The van der Waals surface area contributed by atoms with Gasteiger partial charge in [0.15, 0.2) is 0 Å². The quantitative estimate of drug-likeness (QED) is 0.472. The van der Waals surface area contributed by atoms with Crippen molar-refractivity contribution in [1.82, 2.24) is 20.1 Å². The normalized spacial score (nSPS) is 11.3. The zero-order valence-electron chi connectivity index (χ0n) is 17.3. The zero-order valence-corrected chi connectivity index (χ0v) is 18.1. The Morgan fingerprint density at radius 1 is 1.13 bits per heavy atom. The summed E-state index contributed by atoms with van der Waals surface area (Å²) in [6, 6.07) is 6.19. The van der Waals surface area contributed by atoms with E-state index >= 15 is 0 Å². The summed E-state index contributed by atoms with van der Waals surface area (Å²) in [6.45, 7) is 1.77. The number of benzene rings is 1. The molecule has 2 heterocycles. The predicted octanol–water partition coefficient (Wildman–Crippen LogP) is 4.71. The smallest absolute Gasteiger partial charge is 0.355 e. The number of amides is 1. The summed E-state index contributed by atoms with van der Waals surface area (Å²) >= 11 is 1.42. The SMILES string of the molecule is CNC(=O)c1cc(SC)ccc1Nc1cc(Nc2cn(C)nc2C)ncc1C(F)(F)F. The van der Waals surface area contributed by atoms with Gasteiger partial charge in [0.25, 0.3) is 5.91 Å². The molecule has 0 aliphatic rings. The molecule has 0 saturated carbocycles. The fourth-order valence-corrected chi connectivity index (χ4v) is 3.38. The highest BCUT2D eigenvalue weighted by molar-refractivity contribution is 7.98. The number of thioether (sulfide) groups is 1. The fraction of sp³-hybridized carbons (Fsp3) is 0.250. The van der Waals surface area contributed by atoms with Crippen molar-refractivity contribution >= 4 is 40.5 Å². The second-order valence-electron chi connectivity index (χ2n) is 6.66. The summed E-state index contributed by atoms with van der Waals surface area (Å²) in [4.78, 5) is 17.0. The number of aromatic nitrogens is 3. The summed E-state index contributed by atoms with van der Waals surface area (Å²) in [5, 5.41) is 12.5. The summed E-state index contributed by atoms with van der Waals surface area (Å²) in [7, 11) is 3.20. The van der Waals surface area contributed by atoms with E-state index in [9.17, 15) is 18.0 Å². The van der Waals surface area contributed by atoms with Crippen LogP contribution in [0.4, 0.5) is 36.1 Å². The van der Waals surface area contributed by atoms with Crippen LogP contribution in [0, 0.1) is 6.92 Å². The van der Waals surface area contributed by atoms with Crippen molar-refractivity contribution < 1.29 is 18.0 Å². The van der Waals surface area contributed by atoms with Gasteiger partial charge in [-0.3, -0.25) is 9.48 Å². The lowest BCUT2D eigenvalue weighted by Crippen LogP contribution is -2.19. The van der Waals surface area contributed by atoms with Gasteiger partial charge < -0.3 is 16.0 Å². The summed E-state index contributed by atoms with van der Waals surface area (Å²) in [5.41, 5.74) is 0.602. The average molecular weight is 450 g/mol. The monoisotopic (exact) mass is 450 g/mol. The topological polar surface area (TPSA) is 83.9 Å². The molecular weight excluding hydrogens is 429 g/mol. The van der Waals surface area contributed by atoms with E-state index in [4.69, 9.17) is 0 Å². The van der Waals surface area contributed by atoms with E-state index in [1.54, 1.807) is 43.0 Å². The first-order chi connectivity index (χ1) is 14.6. The molecule has 31 heavy (non-hydrogen) atoms. The van der Waals surface area contributed by atoms with Crippen molar-refractivity contribution in [2.45, 2.75) is 18.0 Å². The Labute approximate surface area is 181 Å². The third-order valence-corrected chi connectivity index (χ3v) is 5.18. The Morgan fingerprint density at radius 3 is 2.45 bits per heavy atom. The highest BCUT2D eigenvalue weighted by Crippen LogP contribution is 2.38. The summed E-state index contributed by atoms with van der Waals surface area (Å²) in [6.07, 6.45) is -0.331. The maximum atomic E-state index is 13.6. The zero-order chi connectivity index (χ0) is 22.8. The molecule has 0 fully saturated rings. The van der Waals surface area contributed by atoms with E-state index in [0.717, 1.165) is 11.1 Å². The van der Waals surface area contributed by atoms with Crippen LogP contribution in [0.1, 0.15) is 21.6 Å². The second kappa shape index (κ2) is 8.88. The molecular formula is C20H21F3N6OS. The second-order valence-corrected chi connectivity index (χ2v) is 7.54. The molecule has 0 bridgehead atoms. The third kappa shape index (κ3) is 5.10. The van der Waals surface area contributed by atoms with Crippen LogP contribution in [-0.2, 0) is 13.2 Å². The van der Waals surface area contributed by atoms with Gasteiger partial charge in [-0.15, -0.1) is 11.8 Å². The molecule has 3 N–H and O–H groups in total. The van der Waals surface area contributed by atoms with E-state index < -0.39 is 17.6 Å². The minimum absolute atomic E-state index is 0.203. The van der Waals surface area contributed by atoms with Gasteiger partial charge in [-0.1, -0.05) is 0 Å². The number of anilines is 4. The molecule has 164 valence electrons. The standard InChI is InChI=1S/C20H21F3N6OS/c1-11-17(10-29(3)28-11)27-18-8-16(14(9-25-18)20(21,22)23)26-15-6-5-12(31-4)7-13(15)19(30)24-2/h5-10H,1-4H3,(H,24,30)(H2,25,26,27). The average Bonchev–Trinajstić information content (AvgIpc) is 3.03. The molecule has 0 spiro atoms. The molecule has 0 atom stereocenters. The van der Waals surface area contributed by atoms with Gasteiger partial charge in [0.2, 0.25) is 0 Å². The van der Waals surface area contributed by atoms with Crippen molar-refractivity contribution in [2.24, 2.45) is 7.05 Å². The lowest BCUT2D eigenvalue weighted by molar-refractivity contribution is -0.137. The largest absolute Gasteiger partial charge is 0.419 e. The number of halogens is 3. The molecule has 0 unspecified atom stereocenters. The fourth-order valence-electron chi connectivity index (χ4n) is 2.94. The molecule has 0 aliphatic heterocycles. The van der Waals surface area contributed by atoms with E-state index in [1.807, 2.05) is 6.26 Å². The van der Waals surface area contributed by atoms with Crippen molar-refractivity contribution in [3.63, 3.8) is 0 Å². The van der Waals surface area contributed by atoms with Gasteiger partial charge in [0.1, 0.15) is 5.82 Å². The number of hydrogen-bond acceptors (Lipinski definition) is 6. The van der Waals surface area contributed by atoms with E-state index in [2.05, 4.69) is 26.0 Å². The summed E-state index contributed by atoms with van der Waals surface area (Å²) in [5.74, 6) is -0.209. The van der Waals surface area contributed by atoms with Crippen LogP contribution < -0.4 is 16.0 Å². The molecule has 1 aromatic carbocycles. The van der Waals surface area contributed by atoms with Crippen LogP contribution in [-0.4, -0.2) is 34.0 Å². The Kier molecular flexibility index (Phi) is 6.44. The van der Waals surface area contributed by atoms with Crippen molar-refractivity contribution in [1.29, 1.82) is 0 Å². The molecule has 11 heteroatoms. The van der Waals surface area contributed by atoms with Gasteiger partial charge in [-0.2, -0.15) is 18.3 Å². The molecule has 7 nitrogen and oxygen atoms in total. The molecule has 3 rings (SSSR count). The Morgan fingerprint density at radius 2 is 1.87 bits per heavy atom. The van der Waals surface area contributed by atoms with E-state index in [1.165, 1.54) is 24.9 Å². The van der Waals surface area contributed by atoms with E-state index in [-0.39, 0.29) is 22.8 Å². The van der Waals surface area contributed by atoms with Crippen molar-refractivity contribution in [3.8, 4) is 0 Å². The molecule has 1 amide bonds. The minimum atomic E-state index is -4.63. The number of nitrogens with zero attached hydrogens (tertiary/aromatic N) is 3. The van der Waals surface area contributed by atoms with Gasteiger partial charge in [0, 0.05) is 37.5 Å².